The summed E-state index contributed by atoms with van der Waals surface area (Å²) in [7, 11) is 0. The molecule has 0 atom stereocenters. The van der Waals surface area contributed by atoms with Crippen molar-refractivity contribution in [1.82, 2.24) is 9.88 Å². The first-order chi connectivity index (χ1) is 14.3. The van der Waals surface area contributed by atoms with Gasteiger partial charge < -0.3 is 20.4 Å². The van der Waals surface area contributed by atoms with Crippen LogP contribution in [0.5, 0.6) is 0 Å². The van der Waals surface area contributed by atoms with Crippen LogP contribution in [0, 0.1) is 6.92 Å². The van der Waals surface area contributed by atoms with E-state index in [1.807, 2.05) is 32.1 Å². The van der Waals surface area contributed by atoms with Crippen molar-refractivity contribution in [2.75, 3.05) is 26.3 Å². The van der Waals surface area contributed by atoms with E-state index in [0.717, 1.165) is 20.9 Å². The Balaban J connectivity index is 0.00000101. The molecule has 1 aromatic heterocycles. The molecule has 1 fully saturated rings. The molecule has 1 aliphatic heterocycles. The fraction of sp³-hybridized carbons (Fsp3) is 0.391. The van der Waals surface area contributed by atoms with Crippen LogP contribution < -0.4 is 5.73 Å². The van der Waals surface area contributed by atoms with Gasteiger partial charge in [-0.2, -0.15) is 0 Å². The van der Waals surface area contributed by atoms with E-state index in [-0.39, 0.29) is 5.91 Å². The van der Waals surface area contributed by atoms with E-state index in [2.05, 4.69) is 34.8 Å². The lowest BCUT2D eigenvalue weighted by Crippen LogP contribution is -2.40. The standard InChI is InChI=1S/C20H22BrN3O3.C3H8/c1-3-14(21)11-16(19(22)25)18-12(2)15-10-13(4-5-17(15)23-18)20(26)24-6-8-27-9-7-24;1-3-2/h3-5,10-11,23H,6-9H2,1-2H3,(H2,22,25);3H2,1-2H3/b14-3-,16-11+;. The number of carbonyl (C=O) groups excluding carboxylic acids is 2. The minimum Gasteiger partial charge on any atom is -0.378 e. The number of primary amides is 1. The first-order valence-corrected chi connectivity index (χ1v) is 11.0. The molecule has 2 aromatic rings. The average molecular weight is 476 g/mol. The molecule has 2 amide bonds. The number of hydrogen-bond donors (Lipinski definition) is 2. The fourth-order valence-corrected chi connectivity index (χ4v) is 3.39. The van der Waals surface area contributed by atoms with Gasteiger partial charge in [0.1, 0.15) is 0 Å². The van der Waals surface area contributed by atoms with Gasteiger partial charge in [-0.1, -0.05) is 42.3 Å². The molecule has 0 radical (unpaired) electrons. The maximum absolute atomic E-state index is 12.7. The Bertz CT molecular complexity index is 969. The number of aromatic amines is 1. The van der Waals surface area contributed by atoms with Crippen molar-refractivity contribution in [3.05, 3.63) is 51.7 Å². The van der Waals surface area contributed by atoms with E-state index >= 15 is 0 Å². The van der Waals surface area contributed by atoms with Crippen LogP contribution in [0.3, 0.4) is 0 Å². The number of H-pyrrole nitrogens is 1. The van der Waals surface area contributed by atoms with E-state index in [4.69, 9.17) is 10.5 Å². The largest absolute Gasteiger partial charge is 0.378 e. The second kappa shape index (κ2) is 11.1. The van der Waals surface area contributed by atoms with Gasteiger partial charge in [-0.25, -0.2) is 0 Å². The minimum absolute atomic E-state index is 0.00956. The number of amides is 2. The van der Waals surface area contributed by atoms with Crippen molar-refractivity contribution >= 4 is 44.2 Å². The number of morpholine rings is 1. The first-order valence-electron chi connectivity index (χ1n) is 10.2. The summed E-state index contributed by atoms with van der Waals surface area (Å²) < 4.78 is 6.07. The average Bonchev–Trinajstić information content (AvgIpc) is 3.07. The number of hydrogen-bond acceptors (Lipinski definition) is 3. The maximum Gasteiger partial charge on any atom is 0.254 e. The second-order valence-electron chi connectivity index (χ2n) is 7.09. The summed E-state index contributed by atoms with van der Waals surface area (Å²) in [5, 5.41) is 0.896. The second-order valence-corrected chi connectivity index (χ2v) is 8.01. The third-order valence-electron chi connectivity index (χ3n) is 4.70. The van der Waals surface area contributed by atoms with E-state index in [0.29, 0.717) is 43.1 Å². The summed E-state index contributed by atoms with van der Waals surface area (Å²) in [4.78, 5) is 29.8. The molecule has 6 nitrogen and oxygen atoms in total. The summed E-state index contributed by atoms with van der Waals surface area (Å²) in [6, 6.07) is 5.53. The van der Waals surface area contributed by atoms with Crippen LogP contribution in [-0.4, -0.2) is 48.0 Å². The number of halogens is 1. The summed E-state index contributed by atoms with van der Waals surface area (Å²) >= 11 is 3.39. The molecule has 1 aliphatic rings. The highest BCUT2D eigenvalue weighted by molar-refractivity contribution is 9.11. The van der Waals surface area contributed by atoms with E-state index in [1.165, 1.54) is 6.42 Å². The molecule has 7 heteroatoms. The highest BCUT2D eigenvalue weighted by atomic mass is 79.9. The van der Waals surface area contributed by atoms with Crippen molar-refractivity contribution in [1.29, 1.82) is 0 Å². The smallest absolute Gasteiger partial charge is 0.254 e. The minimum atomic E-state index is -0.520. The molecule has 0 bridgehead atoms. The zero-order valence-electron chi connectivity index (χ0n) is 18.0. The van der Waals surface area contributed by atoms with Crippen molar-refractivity contribution in [3.8, 4) is 0 Å². The molecule has 3 N–H and O–H groups in total. The monoisotopic (exact) mass is 475 g/mol. The Labute approximate surface area is 186 Å². The van der Waals surface area contributed by atoms with Crippen LogP contribution in [0.25, 0.3) is 16.5 Å². The summed E-state index contributed by atoms with van der Waals surface area (Å²) in [6.45, 7) is 10.3. The lowest BCUT2D eigenvalue weighted by molar-refractivity contribution is -0.112. The Kier molecular flexibility index (Phi) is 8.87. The number of nitrogens with zero attached hydrogens (tertiary/aromatic N) is 1. The highest BCUT2D eigenvalue weighted by Crippen LogP contribution is 2.29. The Hall–Kier alpha value is -2.38. The number of ether oxygens (including phenoxy) is 1. The van der Waals surface area contributed by atoms with Crippen LogP contribution >= 0.6 is 15.9 Å². The third kappa shape index (κ3) is 5.61. The molecular weight excluding hydrogens is 446 g/mol. The number of nitrogens with two attached hydrogens (primary N) is 1. The molecular formula is C23H30BrN3O3. The fourth-order valence-electron chi connectivity index (χ4n) is 3.17. The van der Waals surface area contributed by atoms with Crippen molar-refractivity contribution in [2.45, 2.75) is 34.1 Å². The van der Waals surface area contributed by atoms with Crippen LogP contribution in [0.1, 0.15) is 48.8 Å². The number of nitrogens with one attached hydrogen (secondary N) is 1. The van der Waals surface area contributed by atoms with Crippen molar-refractivity contribution in [2.24, 2.45) is 5.73 Å². The lowest BCUT2D eigenvalue weighted by atomic mass is 10.0. The van der Waals surface area contributed by atoms with Gasteiger partial charge in [0.25, 0.3) is 11.8 Å². The van der Waals surface area contributed by atoms with Gasteiger partial charge in [-0.3, -0.25) is 9.59 Å². The normalized spacial score (nSPS) is 15.0. The van der Waals surface area contributed by atoms with E-state index in [1.54, 1.807) is 17.0 Å². The summed E-state index contributed by atoms with van der Waals surface area (Å²) in [5.41, 5.74) is 8.99. The number of aromatic nitrogens is 1. The predicted octanol–water partition coefficient (Wildman–Crippen LogP) is 4.53. The van der Waals surface area contributed by atoms with Gasteiger partial charge in [0, 0.05) is 34.0 Å². The van der Waals surface area contributed by atoms with Crippen molar-refractivity contribution < 1.29 is 14.3 Å². The van der Waals surface area contributed by atoms with Gasteiger partial charge in [-0.05, 0) is 43.7 Å². The number of benzene rings is 1. The molecule has 1 saturated heterocycles. The van der Waals surface area contributed by atoms with E-state index in [9.17, 15) is 9.59 Å². The van der Waals surface area contributed by atoms with Gasteiger partial charge in [0.05, 0.1) is 24.5 Å². The maximum atomic E-state index is 12.7. The van der Waals surface area contributed by atoms with Crippen LogP contribution in [0.4, 0.5) is 0 Å². The van der Waals surface area contributed by atoms with Crippen LogP contribution in [-0.2, 0) is 9.53 Å². The number of carbonyl (C=O) groups is 2. The molecule has 2 heterocycles. The molecule has 3 rings (SSSR count). The van der Waals surface area contributed by atoms with Crippen LogP contribution in [0.15, 0.2) is 34.8 Å². The molecule has 0 spiro atoms. The third-order valence-corrected chi connectivity index (χ3v) is 5.38. The highest BCUT2D eigenvalue weighted by Gasteiger charge is 2.21. The lowest BCUT2D eigenvalue weighted by Gasteiger charge is -2.26. The zero-order chi connectivity index (χ0) is 22.3. The van der Waals surface area contributed by atoms with Crippen LogP contribution in [0.2, 0.25) is 0 Å². The topological polar surface area (TPSA) is 88.4 Å². The van der Waals surface area contributed by atoms with E-state index < -0.39 is 5.91 Å². The summed E-state index contributed by atoms with van der Waals surface area (Å²) in [6.07, 6.45) is 4.78. The van der Waals surface area contributed by atoms with Gasteiger partial charge >= 0.3 is 0 Å². The quantitative estimate of drug-likeness (QED) is 0.502. The molecule has 162 valence electrons. The van der Waals surface area contributed by atoms with Crippen molar-refractivity contribution in [3.63, 3.8) is 0 Å². The van der Waals surface area contributed by atoms with Gasteiger partial charge in [0.2, 0.25) is 0 Å². The Morgan fingerprint density at radius 3 is 2.47 bits per heavy atom. The number of allylic oxidation sites excluding steroid dienone is 3. The molecule has 30 heavy (non-hydrogen) atoms. The summed E-state index contributed by atoms with van der Waals surface area (Å²) in [5.74, 6) is -0.530. The molecule has 1 aromatic carbocycles. The molecule has 0 unspecified atom stereocenters. The molecule has 0 aliphatic carbocycles. The number of rotatable bonds is 4. The Morgan fingerprint density at radius 1 is 1.27 bits per heavy atom. The predicted molar refractivity (Wildman–Crippen MR) is 126 cm³/mol. The zero-order valence-corrected chi connectivity index (χ0v) is 19.6. The van der Waals surface area contributed by atoms with Gasteiger partial charge in [-0.15, -0.1) is 0 Å². The number of fused-ring (bicyclic) bond motifs is 1. The molecule has 0 saturated carbocycles. The SMILES string of the molecule is C/C=C(Br)/C=C(/C(N)=O)c1[nH]c2ccc(C(=O)N3CCOCC3)cc2c1C.CCC. The Morgan fingerprint density at radius 2 is 1.90 bits per heavy atom. The first kappa shape index (κ1) is 23.9. The number of aryl methyl sites for hydroxylation is 1. The van der Waals surface area contributed by atoms with Gasteiger partial charge in [0.15, 0.2) is 0 Å².